The van der Waals surface area contributed by atoms with Crippen LogP contribution >= 0.6 is 0 Å². The smallest absolute Gasteiger partial charge is 0.196 e. The molecule has 1 aromatic carbocycles. The van der Waals surface area contributed by atoms with Crippen molar-refractivity contribution in [2.75, 3.05) is 25.5 Å². The molecular weight excluding hydrogens is 334 g/mol. The molecule has 5 nitrogen and oxygen atoms in total. The Balaban J connectivity index is 1.65. The van der Waals surface area contributed by atoms with E-state index in [1.54, 1.807) is 0 Å². The zero-order valence-corrected chi connectivity index (χ0v) is 15.8. The van der Waals surface area contributed by atoms with E-state index < -0.39 is 0 Å². The minimum absolute atomic E-state index is 0.000191. The second kappa shape index (κ2) is 6.54. The lowest BCUT2D eigenvalue weighted by atomic mass is 9.80. The molecule has 1 atom stereocenters. The van der Waals surface area contributed by atoms with Gasteiger partial charge in [-0.15, -0.1) is 0 Å². The van der Waals surface area contributed by atoms with Gasteiger partial charge in [-0.2, -0.15) is 5.10 Å². The van der Waals surface area contributed by atoms with Crippen molar-refractivity contribution in [3.05, 3.63) is 69.5 Å². The average Bonchev–Trinajstić information content (AvgIpc) is 3.36. The summed E-state index contributed by atoms with van der Waals surface area (Å²) in [7, 11) is 2.18. The van der Waals surface area contributed by atoms with Crippen LogP contribution in [0.4, 0.5) is 5.82 Å². The van der Waals surface area contributed by atoms with Crippen LogP contribution in [-0.4, -0.2) is 35.2 Å². The number of likely N-dealkylation sites (tertiary alicyclic amines) is 1. The number of fused-ring (bicyclic) bond motifs is 2. The number of aromatic amines is 1. The number of aryl methyl sites for hydroxylation is 1. The molecule has 0 amide bonds. The molecule has 138 valence electrons. The van der Waals surface area contributed by atoms with E-state index in [4.69, 9.17) is 6.57 Å². The number of H-pyrrole nitrogens is 1. The number of anilines is 1. The lowest BCUT2D eigenvalue weighted by molar-refractivity contribution is 0.238. The quantitative estimate of drug-likeness (QED) is 0.799. The monoisotopic (exact) mass is 359 g/mol. The highest BCUT2D eigenvalue weighted by Gasteiger charge is 2.36. The van der Waals surface area contributed by atoms with E-state index in [2.05, 4.69) is 50.5 Å². The predicted molar refractivity (Wildman–Crippen MR) is 106 cm³/mol. The molecular formula is C22H25N5. The molecule has 1 fully saturated rings. The third-order valence-electron chi connectivity index (χ3n) is 6.53. The Morgan fingerprint density at radius 1 is 1.19 bits per heavy atom. The third kappa shape index (κ3) is 2.67. The van der Waals surface area contributed by atoms with Gasteiger partial charge in [-0.25, -0.2) is 4.85 Å². The van der Waals surface area contributed by atoms with Crippen LogP contribution in [-0.2, 0) is 12.8 Å². The number of aromatic nitrogens is 2. The normalized spacial score (nSPS) is 22.9. The summed E-state index contributed by atoms with van der Waals surface area (Å²) < 4.78 is 0. The molecule has 0 bridgehead atoms. The molecule has 1 aliphatic carbocycles. The highest BCUT2D eigenvalue weighted by molar-refractivity contribution is 5.64. The third-order valence-corrected chi connectivity index (χ3v) is 6.53. The zero-order valence-electron chi connectivity index (χ0n) is 15.8. The van der Waals surface area contributed by atoms with Gasteiger partial charge >= 0.3 is 0 Å². The molecule has 0 radical (unpaired) electrons. The fourth-order valence-corrected chi connectivity index (χ4v) is 5.08. The first-order valence-electron chi connectivity index (χ1n) is 9.97. The highest BCUT2D eigenvalue weighted by atomic mass is 15.2. The van der Waals surface area contributed by atoms with Crippen molar-refractivity contribution in [1.29, 1.82) is 0 Å². The molecule has 2 aliphatic heterocycles. The van der Waals surface area contributed by atoms with Gasteiger partial charge in [0.05, 0.1) is 18.7 Å². The van der Waals surface area contributed by atoms with E-state index in [0.717, 1.165) is 61.5 Å². The number of nitrogens with one attached hydrogen (secondary N) is 2. The first-order chi connectivity index (χ1) is 13.3. The summed E-state index contributed by atoms with van der Waals surface area (Å²) in [5.74, 6) is 1.39. The van der Waals surface area contributed by atoms with Gasteiger partial charge in [0.1, 0.15) is 5.82 Å². The molecule has 0 spiro atoms. The summed E-state index contributed by atoms with van der Waals surface area (Å²) in [5.41, 5.74) is 7.33. The van der Waals surface area contributed by atoms with Gasteiger partial charge in [-0.05, 0) is 74.8 Å². The molecule has 2 N–H and O–H groups in total. The highest BCUT2D eigenvalue weighted by Crippen LogP contribution is 2.46. The van der Waals surface area contributed by atoms with Crippen LogP contribution in [0.3, 0.4) is 0 Å². The summed E-state index contributed by atoms with van der Waals surface area (Å²) in [6, 6.07) is 6.65. The van der Waals surface area contributed by atoms with Gasteiger partial charge in [0.15, 0.2) is 5.70 Å². The van der Waals surface area contributed by atoms with Crippen molar-refractivity contribution in [3.63, 3.8) is 0 Å². The maximum Gasteiger partial charge on any atom is 0.196 e. The van der Waals surface area contributed by atoms with Crippen molar-refractivity contribution in [2.24, 2.45) is 5.92 Å². The molecule has 1 unspecified atom stereocenters. The molecule has 1 saturated heterocycles. The Bertz CT molecular complexity index is 940. The Hall–Kier alpha value is -2.58. The van der Waals surface area contributed by atoms with Crippen LogP contribution in [0.2, 0.25) is 0 Å². The average molecular weight is 359 g/mol. The number of hydrogen-bond donors (Lipinski definition) is 2. The zero-order chi connectivity index (χ0) is 18.4. The van der Waals surface area contributed by atoms with Crippen molar-refractivity contribution in [2.45, 2.75) is 38.0 Å². The first kappa shape index (κ1) is 16.6. The van der Waals surface area contributed by atoms with Crippen molar-refractivity contribution in [1.82, 2.24) is 15.1 Å². The van der Waals surface area contributed by atoms with Gasteiger partial charge < -0.3 is 10.2 Å². The van der Waals surface area contributed by atoms with Gasteiger partial charge in [0.2, 0.25) is 0 Å². The van der Waals surface area contributed by atoms with E-state index in [0.29, 0.717) is 5.92 Å². The molecule has 3 heterocycles. The fourth-order valence-electron chi connectivity index (χ4n) is 5.08. The number of benzene rings is 1. The van der Waals surface area contributed by atoms with E-state index in [1.807, 2.05) is 6.20 Å². The Morgan fingerprint density at radius 2 is 2.04 bits per heavy atom. The Labute approximate surface area is 160 Å². The lowest BCUT2D eigenvalue weighted by Gasteiger charge is -2.35. The molecule has 1 aromatic heterocycles. The summed E-state index contributed by atoms with van der Waals surface area (Å²) in [6.07, 6.45) is 7.59. The molecule has 5 rings (SSSR count). The van der Waals surface area contributed by atoms with Crippen molar-refractivity contribution >= 4 is 5.82 Å². The summed E-state index contributed by atoms with van der Waals surface area (Å²) in [4.78, 5) is 6.47. The second-order valence-corrected chi connectivity index (χ2v) is 8.09. The summed E-state index contributed by atoms with van der Waals surface area (Å²) in [6.45, 7) is 10.2. The van der Waals surface area contributed by atoms with Gasteiger partial charge in [-0.1, -0.05) is 18.2 Å². The van der Waals surface area contributed by atoms with Crippen LogP contribution in [0.15, 0.2) is 35.8 Å². The van der Waals surface area contributed by atoms with E-state index >= 15 is 0 Å². The van der Waals surface area contributed by atoms with Crippen molar-refractivity contribution in [3.8, 4) is 0 Å². The minimum atomic E-state index is 0.000191. The maximum atomic E-state index is 8.04. The number of piperidine rings is 1. The summed E-state index contributed by atoms with van der Waals surface area (Å²) in [5, 5.41) is 11.0. The van der Waals surface area contributed by atoms with Crippen LogP contribution in [0.5, 0.6) is 0 Å². The molecule has 3 aliphatic rings. The number of rotatable bonds is 2. The molecule has 27 heavy (non-hydrogen) atoms. The van der Waals surface area contributed by atoms with Crippen LogP contribution in [0.25, 0.3) is 4.85 Å². The SMILES string of the molecule is [C-]#[N+]C1=C(C2CCN(C)CC2)Nc2[nH]ncc2C1c1cccc2c1CCC2. The Kier molecular flexibility index (Phi) is 4.02. The topological polar surface area (TPSA) is 48.3 Å². The molecule has 5 heteroatoms. The van der Waals surface area contributed by atoms with E-state index in [-0.39, 0.29) is 5.92 Å². The molecule has 0 saturated carbocycles. The van der Waals surface area contributed by atoms with Crippen molar-refractivity contribution < 1.29 is 0 Å². The van der Waals surface area contributed by atoms with Crippen LogP contribution < -0.4 is 5.32 Å². The largest absolute Gasteiger partial charge is 0.354 e. The van der Waals surface area contributed by atoms with Gasteiger partial charge in [0.25, 0.3) is 0 Å². The maximum absolute atomic E-state index is 8.04. The fraction of sp³-hybridized carbons (Fsp3) is 0.455. The lowest BCUT2D eigenvalue weighted by Crippen LogP contribution is -2.34. The van der Waals surface area contributed by atoms with Crippen LogP contribution in [0.1, 0.15) is 47.4 Å². The standard InChI is InChI=1S/C22H25N5/c1-23-21-19(17-8-4-6-14-5-3-7-16(14)17)18-13-24-26-22(18)25-20(21)15-9-11-27(2)12-10-15/h4,6,8,13,15,19H,3,5,7,9-12H2,2H3,(H2,24,25,26). The summed E-state index contributed by atoms with van der Waals surface area (Å²) >= 11 is 0. The van der Waals surface area contributed by atoms with Gasteiger partial charge in [0, 0.05) is 11.3 Å². The number of hydrogen-bond acceptors (Lipinski definition) is 3. The number of allylic oxidation sites excluding steroid dienone is 2. The second-order valence-electron chi connectivity index (χ2n) is 8.09. The van der Waals surface area contributed by atoms with E-state index in [9.17, 15) is 0 Å². The van der Waals surface area contributed by atoms with E-state index in [1.165, 1.54) is 23.1 Å². The minimum Gasteiger partial charge on any atom is -0.354 e. The van der Waals surface area contributed by atoms with Gasteiger partial charge in [-0.3, -0.25) is 5.10 Å². The number of nitrogens with zero attached hydrogens (tertiary/aromatic N) is 3. The predicted octanol–water partition coefficient (Wildman–Crippen LogP) is 3.93. The van der Waals surface area contributed by atoms with Crippen LogP contribution in [0, 0.1) is 12.5 Å². The Morgan fingerprint density at radius 3 is 2.85 bits per heavy atom. The molecule has 2 aromatic rings. The first-order valence-corrected chi connectivity index (χ1v) is 9.97.